The lowest BCUT2D eigenvalue weighted by atomic mass is 9.94. The molecule has 0 saturated heterocycles. The van der Waals surface area contributed by atoms with Gasteiger partial charge in [0, 0.05) is 19.5 Å². The zero-order valence-corrected chi connectivity index (χ0v) is 14.9. The number of rotatable bonds is 9. The third-order valence-corrected chi connectivity index (χ3v) is 4.26. The second-order valence-corrected chi connectivity index (χ2v) is 6.65. The summed E-state index contributed by atoms with van der Waals surface area (Å²) >= 11 is 5.88. The highest BCUT2D eigenvalue weighted by molar-refractivity contribution is 6.19. The Bertz CT molecular complexity index is 474. The molecule has 1 rings (SSSR count). The van der Waals surface area contributed by atoms with Gasteiger partial charge in [-0.15, -0.1) is 11.6 Å². The average molecular weight is 326 g/mol. The minimum Gasteiger partial charge on any atom is -0.494 e. The summed E-state index contributed by atoms with van der Waals surface area (Å²) in [6.45, 7) is 7.21. The Morgan fingerprint density at radius 2 is 2.05 bits per heavy atom. The monoisotopic (exact) mass is 325 g/mol. The van der Waals surface area contributed by atoms with Crippen molar-refractivity contribution < 1.29 is 9.53 Å². The first kappa shape index (κ1) is 18.8. The molecule has 1 aromatic rings. The van der Waals surface area contributed by atoms with Gasteiger partial charge in [-0.3, -0.25) is 4.79 Å². The van der Waals surface area contributed by atoms with Crippen LogP contribution >= 0.6 is 11.6 Å². The second kappa shape index (κ2) is 9.04. The molecule has 124 valence electrons. The van der Waals surface area contributed by atoms with E-state index in [1.54, 1.807) is 4.90 Å². The molecular weight excluding hydrogens is 298 g/mol. The predicted molar refractivity (Wildman–Crippen MR) is 92.4 cm³/mol. The molecule has 0 saturated carbocycles. The number of ether oxygens (including phenoxy) is 1. The number of halogens is 1. The molecule has 0 spiro atoms. The Labute approximate surface area is 139 Å². The van der Waals surface area contributed by atoms with Crippen LogP contribution in [0.15, 0.2) is 24.3 Å². The number of alkyl halides is 1. The van der Waals surface area contributed by atoms with Crippen molar-refractivity contribution in [2.24, 2.45) is 5.41 Å². The van der Waals surface area contributed by atoms with Gasteiger partial charge in [0.2, 0.25) is 5.91 Å². The maximum absolute atomic E-state index is 12.3. The molecule has 4 heteroatoms. The van der Waals surface area contributed by atoms with Crippen molar-refractivity contribution in [3.63, 3.8) is 0 Å². The number of amides is 1. The summed E-state index contributed by atoms with van der Waals surface area (Å²) in [6, 6.07) is 7.94. The zero-order chi connectivity index (χ0) is 16.6. The predicted octanol–water partition coefficient (Wildman–Crippen LogP) is 4.48. The Kier molecular flexibility index (Phi) is 7.74. The fourth-order valence-corrected chi connectivity index (χ4v) is 2.31. The van der Waals surface area contributed by atoms with Gasteiger partial charge in [0.1, 0.15) is 5.75 Å². The summed E-state index contributed by atoms with van der Waals surface area (Å²) in [7, 11) is 1.81. The van der Waals surface area contributed by atoms with E-state index in [-0.39, 0.29) is 5.91 Å². The summed E-state index contributed by atoms with van der Waals surface area (Å²) < 4.78 is 5.75. The van der Waals surface area contributed by atoms with Crippen LogP contribution in [0, 0.1) is 5.41 Å². The highest BCUT2D eigenvalue weighted by atomic mass is 35.5. The summed E-state index contributed by atoms with van der Waals surface area (Å²) in [5.74, 6) is 1.24. The van der Waals surface area contributed by atoms with Gasteiger partial charge in [0.05, 0.1) is 12.0 Å². The molecule has 0 bridgehead atoms. The minimum atomic E-state index is -0.537. The van der Waals surface area contributed by atoms with Crippen LogP contribution in [0.25, 0.3) is 0 Å². The Morgan fingerprint density at radius 1 is 1.32 bits per heavy atom. The molecule has 0 aliphatic carbocycles. The van der Waals surface area contributed by atoms with Gasteiger partial charge in [-0.2, -0.15) is 0 Å². The maximum Gasteiger partial charge on any atom is 0.229 e. The van der Waals surface area contributed by atoms with Crippen LogP contribution in [0.4, 0.5) is 0 Å². The third kappa shape index (κ3) is 5.88. The first-order valence-electron chi connectivity index (χ1n) is 7.94. The summed E-state index contributed by atoms with van der Waals surface area (Å²) in [4.78, 5) is 14.1. The van der Waals surface area contributed by atoms with Crippen molar-refractivity contribution in [2.75, 3.05) is 19.5 Å². The molecule has 0 atom stereocenters. The molecule has 0 N–H and O–H groups in total. The lowest BCUT2D eigenvalue weighted by Gasteiger charge is -2.27. The number of carbonyl (C=O) groups is 1. The van der Waals surface area contributed by atoms with Gasteiger partial charge in [-0.05, 0) is 38.0 Å². The number of hydrogen-bond donors (Lipinski definition) is 0. The molecule has 0 radical (unpaired) electrons. The summed E-state index contributed by atoms with van der Waals surface area (Å²) in [5, 5.41) is 0. The van der Waals surface area contributed by atoms with Crippen LogP contribution in [0.3, 0.4) is 0 Å². The van der Waals surface area contributed by atoms with E-state index in [2.05, 4.69) is 6.92 Å². The standard InChI is InChI=1S/C18H28ClNO2/c1-5-6-7-11-22-16-10-8-9-15(12-16)13-20(4)17(21)18(2,3)14-19/h8-10,12H,5-7,11,13-14H2,1-4H3. The van der Waals surface area contributed by atoms with Gasteiger partial charge in [-0.25, -0.2) is 0 Å². The molecule has 1 aromatic carbocycles. The van der Waals surface area contributed by atoms with E-state index in [1.165, 1.54) is 12.8 Å². The van der Waals surface area contributed by atoms with E-state index in [1.807, 2.05) is 45.2 Å². The smallest absolute Gasteiger partial charge is 0.229 e. The lowest BCUT2D eigenvalue weighted by Crippen LogP contribution is -2.39. The molecule has 0 aromatic heterocycles. The first-order valence-corrected chi connectivity index (χ1v) is 8.47. The lowest BCUT2D eigenvalue weighted by molar-refractivity contribution is -0.138. The van der Waals surface area contributed by atoms with Crippen molar-refractivity contribution >= 4 is 17.5 Å². The van der Waals surface area contributed by atoms with Gasteiger partial charge < -0.3 is 9.64 Å². The second-order valence-electron chi connectivity index (χ2n) is 6.38. The van der Waals surface area contributed by atoms with E-state index < -0.39 is 5.41 Å². The summed E-state index contributed by atoms with van der Waals surface area (Å²) in [5.41, 5.74) is 0.527. The molecule has 0 aliphatic rings. The minimum absolute atomic E-state index is 0.0526. The van der Waals surface area contributed by atoms with E-state index >= 15 is 0 Å². The van der Waals surface area contributed by atoms with Crippen molar-refractivity contribution in [3.8, 4) is 5.75 Å². The highest BCUT2D eigenvalue weighted by Crippen LogP contribution is 2.22. The molecule has 0 heterocycles. The molecule has 0 unspecified atom stereocenters. The van der Waals surface area contributed by atoms with Crippen molar-refractivity contribution in [2.45, 2.75) is 46.6 Å². The number of hydrogen-bond acceptors (Lipinski definition) is 2. The van der Waals surface area contributed by atoms with E-state index in [4.69, 9.17) is 16.3 Å². The topological polar surface area (TPSA) is 29.5 Å². The fraction of sp³-hybridized carbons (Fsp3) is 0.611. The van der Waals surface area contributed by atoms with E-state index in [9.17, 15) is 4.79 Å². The number of nitrogens with zero attached hydrogens (tertiary/aromatic N) is 1. The Morgan fingerprint density at radius 3 is 2.68 bits per heavy atom. The molecule has 22 heavy (non-hydrogen) atoms. The molecule has 3 nitrogen and oxygen atoms in total. The highest BCUT2D eigenvalue weighted by Gasteiger charge is 2.29. The third-order valence-electron chi connectivity index (χ3n) is 3.59. The normalized spacial score (nSPS) is 11.3. The van der Waals surface area contributed by atoms with Crippen molar-refractivity contribution in [1.82, 2.24) is 4.90 Å². The number of carbonyl (C=O) groups excluding carboxylic acids is 1. The number of unbranched alkanes of at least 4 members (excludes halogenated alkanes) is 2. The molecule has 0 fully saturated rings. The fourth-order valence-electron chi connectivity index (χ4n) is 2.20. The van der Waals surface area contributed by atoms with E-state index in [0.29, 0.717) is 12.4 Å². The van der Waals surface area contributed by atoms with Crippen LogP contribution in [0.1, 0.15) is 45.6 Å². The van der Waals surface area contributed by atoms with Crippen LogP contribution in [-0.2, 0) is 11.3 Å². The Balaban J connectivity index is 2.60. The Hall–Kier alpha value is -1.22. The van der Waals surface area contributed by atoms with Crippen molar-refractivity contribution in [1.29, 1.82) is 0 Å². The molecule has 0 aliphatic heterocycles. The number of benzene rings is 1. The van der Waals surface area contributed by atoms with Gasteiger partial charge in [0.25, 0.3) is 0 Å². The molecule has 1 amide bonds. The average Bonchev–Trinajstić information content (AvgIpc) is 2.51. The SMILES string of the molecule is CCCCCOc1cccc(CN(C)C(=O)C(C)(C)CCl)c1. The van der Waals surface area contributed by atoms with Gasteiger partial charge in [0.15, 0.2) is 0 Å². The molecular formula is C18H28ClNO2. The maximum atomic E-state index is 12.3. The van der Waals surface area contributed by atoms with Gasteiger partial charge >= 0.3 is 0 Å². The van der Waals surface area contributed by atoms with Crippen LogP contribution < -0.4 is 4.74 Å². The quantitative estimate of drug-likeness (QED) is 0.495. The van der Waals surface area contributed by atoms with Crippen LogP contribution in [-0.4, -0.2) is 30.3 Å². The van der Waals surface area contributed by atoms with E-state index in [0.717, 1.165) is 24.3 Å². The van der Waals surface area contributed by atoms with Crippen LogP contribution in [0.5, 0.6) is 5.75 Å². The van der Waals surface area contributed by atoms with Gasteiger partial charge in [-0.1, -0.05) is 31.9 Å². The zero-order valence-electron chi connectivity index (χ0n) is 14.2. The summed E-state index contributed by atoms with van der Waals surface area (Å²) in [6.07, 6.45) is 3.44. The first-order chi connectivity index (χ1) is 10.4. The van der Waals surface area contributed by atoms with Crippen LogP contribution in [0.2, 0.25) is 0 Å². The van der Waals surface area contributed by atoms with Crippen molar-refractivity contribution in [3.05, 3.63) is 29.8 Å². The largest absolute Gasteiger partial charge is 0.494 e.